The molecule has 0 radical (unpaired) electrons. The lowest BCUT2D eigenvalue weighted by Crippen LogP contribution is -2.56. The summed E-state index contributed by atoms with van der Waals surface area (Å²) in [4.78, 5) is 0. The first-order chi connectivity index (χ1) is 10.3. The number of halogens is 1. The Kier molecular flexibility index (Phi) is 3.14. The molecule has 124 valence electrons. The molecule has 0 spiro atoms. The molecule has 3 N–H and O–H groups in total. The number of hydrogen-bond donors (Lipinski definition) is 2. The fraction of sp³-hybridized carbons (Fsp3) is 0.895. The molecule has 0 aromatic rings. The zero-order valence-electron chi connectivity index (χ0n) is 13.9. The minimum Gasteiger partial charge on any atom is -0.389 e. The summed E-state index contributed by atoms with van der Waals surface area (Å²) in [7, 11) is 0. The first kappa shape index (κ1) is 15.1. The Morgan fingerprint density at radius 2 is 1.82 bits per heavy atom. The highest BCUT2D eigenvalue weighted by molar-refractivity contribution is 5.25. The van der Waals surface area contributed by atoms with Crippen LogP contribution in [-0.4, -0.2) is 17.0 Å². The van der Waals surface area contributed by atoms with Crippen LogP contribution in [0.4, 0.5) is 4.39 Å². The van der Waals surface area contributed by atoms with Gasteiger partial charge in [0.05, 0.1) is 6.10 Å². The molecule has 2 unspecified atom stereocenters. The smallest absolute Gasteiger partial charge is 0.164 e. The van der Waals surface area contributed by atoms with Gasteiger partial charge in [-0.3, -0.25) is 5.73 Å². The van der Waals surface area contributed by atoms with Gasteiger partial charge in [-0.05, 0) is 74.5 Å². The first-order valence-corrected chi connectivity index (χ1v) is 9.15. The van der Waals surface area contributed by atoms with Gasteiger partial charge in [-0.15, -0.1) is 0 Å². The van der Waals surface area contributed by atoms with E-state index in [9.17, 15) is 9.50 Å². The predicted molar refractivity (Wildman–Crippen MR) is 85.7 cm³/mol. The second-order valence-electron chi connectivity index (χ2n) is 8.99. The maximum absolute atomic E-state index is 14.9. The fourth-order valence-corrected chi connectivity index (χ4v) is 6.73. The Morgan fingerprint density at radius 3 is 2.59 bits per heavy atom. The van der Waals surface area contributed by atoms with E-state index in [0.29, 0.717) is 24.2 Å². The number of hydrogen-bond acceptors (Lipinski definition) is 2. The van der Waals surface area contributed by atoms with Crippen LogP contribution in [0.15, 0.2) is 11.6 Å². The molecule has 4 aliphatic carbocycles. The third-order valence-electron chi connectivity index (χ3n) is 8.25. The molecule has 22 heavy (non-hydrogen) atoms. The number of allylic oxidation sites excluding steroid dienone is 1. The van der Waals surface area contributed by atoms with Crippen molar-refractivity contribution in [3.05, 3.63) is 11.6 Å². The summed E-state index contributed by atoms with van der Waals surface area (Å²) in [6, 6.07) is 0. The van der Waals surface area contributed by atoms with Gasteiger partial charge < -0.3 is 5.11 Å². The number of nitrogens with two attached hydrogens (primary N) is 1. The van der Waals surface area contributed by atoms with Gasteiger partial charge in [0, 0.05) is 5.41 Å². The summed E-state index contributed by atoms with van der Waals surface area (Å²) < 4.78 is 14.9. The second-order valence-corrected chi connectivity index (χ2v) is 8.99. The predicted octanol–water partition coefficient (Wildman–Crippen LogP) is 3.93. The molecule has 7 atom stereocenters. The third-order valence-corrected chi connectivity index (χ3v) is 8.25. The van der Waals surface area contributed by atoms with E-state index in [-0.39, 0.29) is 16.9 Å². The van der Waals surface area contributed by atoms with Gasteiger partial charge in [0.25, 0.3) is 0 Å². The molecule has 0 heterocycles. The number of aliphatic hydroxyl groups excluding tert-OH is 1. The van der Waals surface area contributed by atoms with Crippen molar-refractivity contribution in [1.29, 1.82) is 0 Å². The minimum atomic E-state index is -1.47. The van der Waals surface area contributed by atoms with Gasteiger partial charge in [0.15, 0.2) is 5.79 Å². The summed E-state index contributed by atoms with van der Waals surface area (Å²) in [6.07, 6.45) is 9.63. The average Bonchev–Trinajstić information content (AvgIpc) is 2.70. The quantitative estimate of drug-likeness (QED) is 0.526. The molecular weight excluding hydrogens is 277 g/mol. The molecule has 4 aliphatic rings. The van der Waals surface area contributed by atoms with Crippen LogP contribution in [-0.2, 0) is 0 Å². The SMILES string of the molecule is C[C@]12CCC(O)C=C1CC[C@@H]1[C@H]2CC[C@@]2(C)[C@H]1CCC2(N)F. The molecule has 4 rings (SSSR count). The Bertz CT molecular complexity index is 516. The summed E-state index contributed by atoms with van der Waals surface area (Å²) in [5.74, 6) is 0.262. The number of fused-ring (bicyclic) bond motifs is 5. The van der Waals surface area contributed by atoms with Gasteiger partial charge in [-0.1, -0.05) is 25.5 Å². The zero-order valence-corrected chi connectivity index (χ0v) is 13.9. The van der Waals surface area contributed by atoms with Crippen molar-refractivity contribution in [3.63, 3.8) is 0 Å². The van der Waals surface area contributed by atoms with Gasteiger partial charge in [0.2, 0.25) is 0 Å². The van der Waals surface area contributed by atoms with Crippen molar-refractivity contribution in [3.8, 4) is 0 Å². The molecule has 0 aromatic carbocycles. The lowest BCUT2D eigenvalue weighted by atomic mass is 9.47. The van der Waals surface area contributed by atoms with Crippen LogP contribution in [0.25, 0.3) is 0 Å². The van der Waals surface area contributed by atoms with Crippen molar-refractivity contribution in [2.24, 2.45) is 34.3 Å². The Morgan fingerprint density at radius 1 is 1.09 bits per heavy atom. The maximum atomic E-state index is 14.9. The van der Waals surface area contributed by atoms with Crippen molar-refractivity contribution in [2.45, 2.75) is 77.1 Å². The highest BCUT2D eigenvalue weighted by atomic mass is 19.1. The van der Waals surface area contributed by atoms with E-state index in [2.05, 4.69) is 19.9 Å². The van der Waals surface area contributed by atoms with Crippen molar-refractivity contribution in [1.82, 2.24) is 0 Å². The molecule has 0 amide bonds. The summed E-state index contributed by atoms with van der Waals surface area (Å²) in [5, 5.41) is 9.98. The van der Waals surface area contributed by atoms with E-state index in [1.165, 1.54) is 5.57 Å². The van der Waals surface area contributed by atoms with Crippen molar-refractivity contribution < 1.29 is 9.50 Å². The second kappa shape index (κ2) is 4.57. The van der Waals surface area contributed by atoms with Gasteiger partial charge >= 0.3 is 0 Å². The normalized spacial score (nSPS) is 57.6. The van der Waals surface area contributed by atoms with E-state index >= 15 is 0 Å². The third kappa shape index (κ3) is 1.78. The molecule has 3 heteroatoms. The van der Waals surface area contributed by atoms with E-state index in [0.717, 1.165) is 44.9 Å². The summed E-state index contributed by atoms with van der Waals surface area (Å²) in [5.41, 5.74) is 7.46. The highest BCUT2D eigenvalue weighted by Gasteiger charge is 2.63. The van der Waals surface area contributed by atoms with Crippen molar-refractivity contribution in [2.75, 3.05) is 0 Å². The van der Waals surface area contributed by atoms with Crippen LogP contribution in [0, 0.1) is 28.6 Å². The van der Waals surface area contributed by atoms with E-state index in [1.54, 1.807) is 0 Å². The lowest BCUT2D eigenvalue weighted by molar-refractivity contribution is -0.0909. The van der Waals surface area contributed by atoms with Gasteiger partial charge in [-0.25, -0.2) is 4.39 Å². The molecule has 3 fully saturated rings. The molecule has 3 saturated carbocycles. The standard InChI is InChI=1S/C19H30FNO/c1-17-8-5-13(22)11-12(17)3-4-14-15(17)6-9-18(2)16(14)7-10-19(18,20)21/h11,13-16,22H,3-10,21H2,1-2H3/t13?,14-,15-,16+,17+,18+,19?/m1/s1. The Balaban J connectivity index is 1.68. The van der Waals surface area contributed by atoms with E-state index in [4.69, 9.17) is 5.73 Å². The first-order valence-electron chi connectivity index (χ1n) is 9.15. The number of alkyl halides is 1. The fourth-order valence-electron chi connectivity index (χ4n) is 6.73. The highest BCUT2D eigenvalue weighted by Crippen LogP contribution is 2.67. The summed E-state index contributed by atoms with van der Waals surface area (Å²) >= 11 is 0. The molecular formula is C19H30FNO. The van der Waals surface area contributed by atoms with Gasteiger partial charge in [-0.2, -0.15) is 0 Å². The molecule has 0 saturated heterocycles. The van der Waals surface area contributed by atoms with Gasteiger partial charge in [0.1, 0.15) is 0 Å². The molecule has 0 bridgehead atoms. The van der Waals surface area contributed by atoms with Crippen LogP contribution < -0.4 is 5.73 Å². The molecule has 0 aliphatic heterocycles. The summed E-state index contributed by atoms with van der Waals surface area (Å²) in [6.45, 7) is 4.52. The van der Waals surface area contributed by atoms with Crippen LogP contribution in [0.5, 0.6) is 0 Å². The maximum Gasteiger partial charge on any atom is 0.164 e. The Hall–Kier alpha value is -0.410. The average molecular weight is 307 g/mol. The van der Waals surface area contributed by atoms with Crippen molar-refractivity contribution >= 4 is 0 Å². The largest absolute Gasteiger partial charge is 0.389 e. The van der Waals surface area contributed by atoms with Crippen LogP contribution in [0.2, 0.25) is 0 Å². The lowest BCUT2D eigenvalue weighted by Gasteiger charge is -2.58. The Labute approximate surface area is 133 Å². The van der Waals surface area contributed by atoms with E-state index < -0.39 is 5.79 Å². The number of rotatable bonds is 0. The molecule has 0 aromatic heterocycles. The monoisotopic (exact) mass is 307 g/mol. The van der Waals surface area contributed by atoms with E-state index in [1.807, 2.05) is 0 Å². The topological polar surface area (TPSA) is 46.2 Å². The number of aliphatic hydroxyl groups is 1. The zero-order chi connectivity index (χ0) is 15.8. The van der Waals surface area contributed by atoms with Crippen LogP contribution in [0.3, 0.4) is 0 Å². The molecule has 2 nitrogen and oxygen atoms in total. The van der Waals surface area contributed by atoms with Crippen LogP contribution in [0.1, 0.15) is 65.2 Å². The minimum absolute atomic E-state index is 0.236. The van der Waals surface area contributed by atoms with Crippen LogP contribution >= 0.6 is 0 Å².